The van der Waals surface area contributed by atoms with E-state index in [1.807, 2.05) is 6.07 Å². The van der Waals surface area contributed by atoms with Gasteiger partial charge in [0.2, 0.25) is 0 Å². The lowest BCUT2D eigenvalue weighted by molar-refractivity contribution is -0.137. The number of benzene rings is 2. The molecular weight excluding hydrogens is 305 g/mol. The van der Waals surface area contributed by atoms with E-state index in [4.69, 9.17) is 10.00 Å². The van der Waals surface area contributed by atoms with E-state index in [1.165, 1.54) is 0 Å². The fourth-order valence-electron chi connectivity index (χ4n) is 2.54. The summed E-state index contributed by atoms with van der Waals surface area (Å²) in [5.74, 6) is 0.371. The molecule has 0 unspecified atom stereocenters. The smallest absolute Gasteiger partial charge is 0.416 e. The lowest BCUT2D eigenvalue weighted by Gasteiger charge is -2.15. The highest BCUT2D eigenvalue weighted by Crippen LogP contribution is 2.39. The maximum atomic E-state index is 13.1. The number of para-hydroxylation sites is 1. The Bertz CT molecular complexity index is 820. The van der Waals surface area contributed by atoms with Crippen molar-refractivity contribution in [3.63, 3.8) is 0 Å². The van der Waals surface area contributed by atoms with Crippen LogP contribution in [-0.2, 0) is 12.7 Å². The van der Waals surface area contributed by atoms with Crippen molar-refractivity contribution in [2.45, 2.75) is 12.7 Å². The average molecular weight is 316 g/mol. The van der Waals surface area contributed by atoms with Gasteiger partial charge in [-0.3, -0.25) is 4.99 Å². The molecular formula is C17H11F3N2O. The predicted octanol–water partition coefficient (Wildman–Crippen LogP) is 4.21. The largest absolute Gasteiger partial charge is 0.478 e. The van der Waals surface area contributed by atoms with Gasteiger partial charge in [-0.2, -0.15) is 18.4 Å². The molecule has 0 amide bonds. The summed E-state index contributed by atoms with van der Waals surface area (Å²) in [6.07, 6.45) is -2.86. The van der Waals surface area contributed by atoms with Crippen LogP contribution in [-0.4, -0.2) is 12.8 Å². The van der Waals surface area contributed by atoms with Crippen LogP contribution in [0.5, 0.6) is 5.75 Å². The summed E-state index contributed by atoms with van der Waals surface area (Å²) in [5.41, 5.74) is 1.39. The molecule has 3 nitrogen and oxygen atoms in total. The minimum Gasteiger partial charge on any atom is -0.478 e. The Balaban J connectivity index is 2.19. The summed E-state index contributed by atoms with van der Waals surface area (Å²) in [7, 11) is 0. The second-order valence-corrected chi connectivity index (χ2v) is 5.01. The van der Waals surface area contributed by atoms with Crippen LogP contribution in [0, 0.1) is 11.3 Å². The number of alkyl halides is 3. The van der Waals surface area contributed by atoms with Crippen LogP contribution in [0.25, 0.3) is 11.1 Å². The van der Waals surface area contributed by atoms with Crippen LogP contribution < -0.4 is 4.74 Å². The molecule has 116 valence electrons. The van der Waals surface area contributed by atoms with E-state index in [-0.39, 0.29) is 13.2 Å². The summed E-state index contributed by atoms with van der Waals surface area (Å²) in [5, 5.41) is 8.65. The van der Waals surface area contributed by atoms with Crippen molar-refractivity contribution in [3.05, 3.63) is 53.1 Å². The standard InChI is InChI=1S/C17H11F3N2O/c18-17(19,20)12-7-11-9-22-10-15(11)14(8-12)13-3-1-2-4-16(13)23-6-5-21/h1-4,7-8,10H,6,9H2. The molecule has 0 radical (unpaired) electrons. The number of nitrogens with zero attached hydrogens (tertiary/aromatic N) is 2. The Labute approximate surface area is 130 Å². The summed E-state index contributed by atoms with van der Waals surface area (Å²) >= 11 is 0. The van der Waals surface area contributed by atoms with Crippen LogP contribution in [0.15, 0.2) is 41.4 Å². The minimum absolute atomic E-state index is 0.174. The van der Waals surface area contributed by atoms with Crippen molar-refractivity contribution >= 4 is 6.21 Å². The number of halogens is 3. The van der Waals surface area contributed by atoms with Gasteiger partial charge in [-0.25, -0.2) is 0 Å². The topological polar surface area (TPSA) is 45.4 Å². The molecule has 6 heteroatoms. The number of nitriles is 1. The van der Waals surface area contributed by atoms with Gasteiger partial charge in [-0.05, 0) is 29.3 Å². The molecule has 1 heterocycles. The fraction of sp³-hybridized carbons (Fsp3) is 0.176. The van der Waals surface area contributed by atoms with E-state index in [2.05, 4.69) is 4.99 Å². The molecule has 0 N–H and O–H groups in total. The third-order valence-electron chi connectivity index (χ3n) is 3.54. The number of fused-ring (bicyclic) bond motifs is 1. The molecule has 0 aromatic heterocycles. The zero-order valence-corrected chi connectivity index (χ0v) is 11.9. The second kappa shape index (κ2) is 5.76. The Hall–Kier alpha value is -2.81. The molecule has 0 bridgehead atoms. The maximum absolute atomic E-state index is 13.1. The third kappa shape index (κ3) is 2.90. The van der Waals surface area contributed by atoms with Crippen molar-refractivity contribution in [2.75, 3.05) is 6.61 Å². The highest BCUT2D eigenvalue weighted by molar-refractivity contribution is 5.95. The molecule has 0 aliphatic carbocycles. The van der Waals surface area contributed by atoms with Gasteiger partial charge in [-0.15, -0.1) is 0 Å². The first-order chi connectivity index (χ1) is 11.0. The average Bonchev–Trinajstić information content (AvgIpc) is 3.00. The monoisotopic (exact) mass is 316 g/mol. The van der Waals surface area contributed by atoms with Gasteiger partial charge in [-0.1, -0.05) is 18.2 Å². The van der Waals surface area contributed by atoms with Gasteiger partial charge >= 0.3 is 6.18 Å². The lowest BCUT2D eigenvalue weighted by Crippen LogP contribution is -2.07. The van der Waals surface area contributed by atoms with Crippen LogP contribution >= 0.6 is 0 Å². The van der Waals surface area contributed by atoms with Gasteiger partial charge in [0, 0.05) is 17.3 Å². The Kier molecular flexibility index (Phi) is 3.78. The van der Waals surface area contributed by atoms with Crippen LogP contribution in [0.4, 0.5) is 13.2 Å². The Morgan fingerprint density at radius 2 is 1.96 bits per heavy atom. The summed E-state index contributed by atoms with van der Waals surface area (Å²) < 4.78 is 44.8. The molecule has 0 saturated carbocycles. The number of hydrogen-bond donors (Lipinski definition) is 0. The van der Waals surface area contributed by atoms with Crippen molar-refractivity contribution in [3.8, 4) is 22.9 Å². The number of ether oxygens (including phenoxy) is 1. The first-order valence-electron chi connectivity index (χ1n) is 6.84. The second-order valence-electron chi connectivity index (χ2n) is 5.01. The maximum Gasteiger partial charge on any atom is 0.416 e. The summed E-state index contributed by atoms with van der Waals surface area (Å²) in [4.78, 5) is 4.07. The molecule has 2 aromatic rings. The van der Waals surface area contributed by atoms with Gasteiger partial charge in [0.1, 0.15) is 11.8 Å². The van der Waals surface area contributed by atoms with Crippen molar-refractivity contribution in [1.29, 1.82) is 5.26 Å². The highest BCUT2D eigenvalue weighted by Gasteiger charge is 2.33. The van der Waals surface area contributed by atoms with E-state index in [0.29, 0.717) is 28.0 Å². The Morgan fingerprint density at radius 3 is 2.70 bits per heavy atom. The summed E-state index contributed by atoms with van der Waals surface area (Å²) in [6, 6.07) is 10.8. The SMILES string of the molecule is N#CCOc1ccccc1-c1cc(C(F)(F)F)cc2c1C=NC2. The zero-order valence-electron chi connectivity index (χ0n) is 11.9. The van der Waals surface area contributed by atoms with E-state index in [9.17, 15) is 13.2 Å². The van der Waals surface area contributed by atoms with E-state index < -0.39 is 11.7 Å². The number of rotatable bonds is 3. The highest BCUT2D eigenvalue weighted by atomic mass is 19.4. The minimum atomic E-state index is -4.44. The molecule has 1 aliphatic rings. The van der Waals surface area contributed by atoms with E-state index >= 15 is 0 Å². The molecule has 0 spiro atoms. The van der Waals surface area contributed by atoms with Crippen molar-refractivity contribution < 1.29 is 17.9 Å². The van der Waals surface area contributed by atoms with Crippen LogP contribution in [0.3, 0.4) is 0 Å². The molecule has 1 aliphatic heterocycles. The fourth-order valence-corrected chi connectivity index (χ4v) is 2.54. The van der Waals surface area contributed by atoms with Gasteiger partial charge in [0.05, 0.1) is 12.1 Å². The molecule has 0 fully saturated rings. The molecule has 0 saturated heterocycles. The van der Waals surface area contributed by atoms with Gasteiger partial charge in [0.25, 0.3) is 0 Å². The molecule has 3 rings (SSSR count). The van der Waals surface area contributed by atoms with Crippen molar-refractivity contribution in [2.24, 2.45) is 4.99 Å². The molecule has 0 atom stereocenters. The zero-order chi connectivity index (χ0) is 16.4. The first-order valence-corrected chi connectivity index (χ1v) is 6.84. The van der Waals surface area contributed by atoms with Crippen LogP contribution in [0.2, 0.25) is 0 Å². The Morgan fingerprint density at radius 1 is 1.17 bits per heavy atom. The predicted molar refractivity (Wildman–Crippen MR) is 79.3 cm³/mol. The third-order valence-corrected chi connectivity index (χ3v) is 3.54. The van der Waals surface area contributed by atoms with Gasteiger partial charge in [0.15, 0.2) is 6.61 Å². The van der Waals surface area contributed by atoms with Gasteiger partial charge < -0.3 is 4.74 Å². The van der Waals surface area contributed by atoms with E-state index in [1.54, 1.807) is 30.5 Å². The quantitative estimate of drug-likeness (QED) is 0.851. The van der Waals surface area contributed by atoms with Crippen LogP contribution in [0.1, 0.15) is 16.7 Å². The lowest BCUT2D eigenvalue weighted by atomic mass is 9.93. The normalized spacial score (nSPS) is 12.8. The summed E-state index contributed by atoms with van der Waals surface area (Å²) in [6.45, 7) is 0.0553. The first kappa shape index (κ1) is 15.1. The number of hydrogen-bond acceptors (Lipinski definition) is 3. The van der Waals surface area contributed by atoms with Crippen molar-refractivity contribution in [1.82, 2.24) is 0 Å². The molecule has 2 aromatic carbocycles. The molecule has 23 heavy (non-hydrogen) atoms. The number of aliphatic imine (C=N–C) groups is 1. The van der Waals surface area contributed by atoms with E-state index in [0.717, 1.165) is 12.1 Å².